The van der Waals surface area contributed by atoms with E-state index in [2.05, 4.69) is 42.8 Å². The van der Waals surface area contributed by atoms with Crippen LogP contribution in [0.4, 0.5) is 0 Å². The van der Waals surface area contributed by atoms with E-state index in [1.54, 1.807) is 0 Å². The summed E-state index contributed by atoms with van der Waals surface area (Å²) >= 11 is 1.35. The number of nitrogens with one attached hydrogen (secondary N) is 1. The molecule has 2 aromatic carbocycles. The van der Waals surface area contributed by atoms with Crippen molar-refractivity contribution in [2.45, 2.75) is 70.9 Å². The van der Waals surface area contributed by atoms with Gasteiger partial charge in [-0.25, -0.2) is 13.1 Å². The molecule has 3 aromatic rings. The van der Waals surface area contributed by atoms with Gasteiger partial charge in [0.05, 0.1) is 0 Å². The van der Waals surface area contributed by atoms with Gasteiger partial charge in [0.15, 0.2) is 0 Å². The second-order valence-electron chi connectivity index (χ2n) is 7.64. The number of aryl methyl sites for hydroxylation is 4. The van der Waals surface area contributed by atoms with Crippen LogP contribution in [0.15, 0.2) is 46.7 Å². The van der Waals surface area contributed by atoms with Gasteiger partial charge in [-0.3, -0.25) is 0 Å². The van der Waals surface area contributed by atoms with Crippen LogP contribution in [-0.4, -0.2) is 15.0 Å². The van der Waals surface area contributed by atoms with Crippen LogP contribution in [0, 0.1) is 13.8 Å². The quantitative estimate of drug-likeness (QED) is 0.388. The smallest absolute Gasteiger partial charge is 0.210 e. The van der Waals surface area contributed by atoms with Gasteiger partial charge in [-0.05, 0) is 61.3 Å². The fraction of sp³-hybridized carbons (Fsp3) is 0.440. The lowest BCUT2D eigenvalue weighted by Crippen LogP contribution is -2.24. The lowest BCUT2D eigenvalue weighted by molar-refractivity contribution is 0.580. The molecule has 3 rings (SSSR count). The van der Waals surface area contributed by atoms with Crippen LogP contribution in [0.1, 0.15) is 62.3 Å². The normalized spacial score (nSPS) is 11.4. The predicted molar refractivity (Wildman–Crippen MR) is 131 cm³/mol. The highest BCUT2D eigenvalue weighted by atomic mass is 32.2. The maximum atomic E-state index is 12.3. The molecule has 1 aromatic heterocycles. The number of thiophene rings is 1. The summed E-state index contributed by atoms with van der Waals surface area (Å²) in [5, 5.41) is 1.04. The summed E-state index contributed by atoms with van der Waals surface area (Å²) < 4.78 is 28.7. The molecule has 1 N–H and O–H groups in total. The highest BCUT2D eigenvalue weighted by Gasteiger charge is 2.21. The van der Waals surface area contributed by atoms with Crippen LogP contribution in [-0.2, 0) is 22.9 Å². The largest absolute Gasteiger partial charge is 0.250 e. The number of fused-ring (bicyclic) bond motifs is 1. The Morgan fingerprint density at radius 2 is 1.63 bits per heavy atom. The van der Waals surface area contributed by atoms with E-state index < -0.39 is 10.0 Å². The molecule has 0 saturated carbocycles. The van der Waals surface area contributed by atoms with Crippen molar-refractivity contribution >= 4 is 31.4 Å². The van der Waals surface area contributed by atoms with Gasteiger partial charge in [-0.15, -0.1) is 11.3 Å². The molecule has 0 saturated heterocycles. The van der Waals surface area contributed by atoms with Crippen molar-refractivity contribution < 1.29 is 8.42 Å². The van der Waals surface area contributed by atoms with Gasteiger partial charge in [-0.1, -0.05) is 75.6 Å². The minimum atomic E-state index is -3.37. The van der Waals surface area contributed by atoms with E-state index in [4.69, 9.17) is 0 Å². The molecule has 0 spiro atoms. The van der Waals surface area contributed by atoms with Crippen LogP contribution in [0.5, 0.6) is 0 Å². The molecule has 0 aliphatic carbocycles. The van der Waals surface area contributed by atoms with E-state index in [-0.39, 0.29) is 0 Å². The minimum Gasteiger partial charge on any atom is -0.210 e. The topological polar surface area (TPSA) is 46.2 Å². The van der Waals surface area contributed by atoms with E-state index >= 15 is 0 Å². The molecule has 0 atom stereocenters. The molecule has 5 heteroatoms. The van der Waals surface area contributed by atoms with Crippen molar-refractivity contribution in [1.29, 1.82) is 0 Å². The summed E-state index contributed by atoms with van der Waals surface area (Å²) in [5.74, 6) is 0. The lowest BCUT2D eigenvalue weighted by atomic mass is 10.0. The van der Waals surface area contributed by atoms with Crippen molar-refractivity contribution in [3.63, 3.8) is 0 Å². The van der Waals surface area contributed by atoms with Crippen molar-refractivity contribution in [2.24, 2.45) is 0 Å². The molecule has 0 fully saturated rings. The molecule has 0 bridgehead atoms. The number of unbranched alkanes of at least 4 members (excludes halogenated alkanes) is 1. The molecule has 0 unspecified atom stereocenters. The van der Waals surface area contributed by atoms with E-state index in [1.807, 2.05) is 39.0 Å². The Bertz CT molecular complexity index is 1050. The van der Waals surface area contributed by atoms with E-state index in [9.17, 15) is 8.42 Å². The molecule has 0 amide bonds. The lowest BCUT2D eigenvalue weighted by Gasteiger charge is -2.04. The average molecular weight is 446 g/mol. The Kier molecular flexibility index (Phi) is 9.53. The van der Waals surface area contributed by atoms with E-state index in [0.29, 0.717) is 10.8 Å². The molecule has 1 heterocycles. The second-order valence-corrected chi connectivity index (χ2v) is 10.7. The first-order valence-electron chi connectivity index (χ1n) is 10.9. The third-order valence-electron chi connectivity index (χ3n) is 5.13. The maximum Gasteiger partial charge on any atom is 0.250 e. The fourth-order valence-electron chi connectivity index (χ4n) is 3.43. The summed E-state index contributed by atoms with van der Waals surface area (Å²) in [6.07, 6.45) is 5.48. The highest BCUT2D eigenvalue weighted by Crippen LogP contribution is 2.34. The van der Waals surface area contributed by atoms with Gasteiger partial charge in [-0.2, -0.15) is 0 Å². The summed E-state index contributed by atoms with van der Waals surface area (Å²) in [5.41, 5.74) is 5.04. The summed E-state index contributed by atoms with van der Waals surface area (Å²) in [4.78, 5) is 0. The Balaban J connectivity index is 0.000000248. The molecule has 3 nitrogen and oxygen atoms in total. The van der Waals surface area contributed by atoms with Gasteiger partial charge in [0.25, 0.3) is 0 Å². The molecule has 164 valence electrons. The summed E-state index contributed by atoms with van der Waals surface area (Å²) in [6.45, 7) is 10.9. The number of hydrogen-bond donors (Lipinski definition) is 1. The van der Waals surface area contributed by atoms with Crippen LogP contribution < -0.4 is 4.72 Å². The monoisotopic (exact) mass is 445 g/mol. The van der Waals surface area contributed by atoms with Crippen LogP contribution in [0.25, 0.3) is 10.1 Å². The molecule has 0 radical (unpaired) electrons. The number of hydrogen-bond acceptors (Lipinski definition) is 3. The summed E-state index contributed by atoms with van der Waals surface area (Å²) in [7, 11) is -3.37. The predicted octanol–water partition coefficient (Wildman–Crippen LogP) is 6.80. The van der Waals surface area contributed by atoms with Crippen LogP contribution in [0.3, 0.4) is 0 Å². The Labute approximate surface area is 186 Å². The maximum absolute atomic E-state index is 12.3. The van der Waals surface area contributed by atoms with E-state index in [1.165, 1.54) is 35.3 Å². The van der Waals surface area contributed by atoms with Gasteiger partial charge in [0.2, 0.25) is 10.0 Å². The SMILES string of the molecule is CCCCNS(=O)(=O)c1sc2ccc(C)cc2c1C.CCCc1ccccc1CC. The Morgan fingerprint density at radius 3 is 2.27 bits per heavy atom. The van der Waals surface area contributed by atoms with Crippen molar-refractivity contribution in [1.82, 2.24) is 4.72 Å². The number of sulfonamides is 1. The molecular weight excluding hydrogens is 410 g/mol. The fourth-order valence-corrected chi connectivity index (χ4v) is 6.30. The van der Waals surface area contributed by atoms with Gasteiger partial charge < -0.3 is 0 Å². The van der Waals surface area contributed by atoms with Gasteiger partial charge in [0, 0.05) is 11.2 Å². The van der Waals surface area contributed by atoms with E-state index in [0.717, 1.165) is 40.5 Å². The third-order valence-corrected chi connectivity index (χ3v) is 8.49. The summed E-state index contributed by atoms with van der Waals surface area (Å²) in [6, 6.07) is 14.8. The van der Waals surface area contributed by atoms with Crippen molar-refractivity contribution in [3.05, 3.63) is 64.7 Å². The first-order chi connectivity index (χ1) is 14.3. The standard InChI is InChI=1S/C14H19NO2S2.C11H16/c1-4-5-8-15-19(16,17)14-11(3)12-9-10(2)6-7-13(12)18-14;1-3-7-11-9-6-5-8-10(11)4-2/h6-7,9,15H,4-5,8H2,1-3H3;5-6,8-9H,3-4,7H2,1-2H3. The number of benzene rings is 2. The molecule has 0 aliphatic rings. The molecular formula is C25H35NO2S2. The third kappa shape index (κ3) is 6.40. The zero-order valence-electron chi connectivity index (χ0n) is 18.9. The van der Waals surface area contributed by atoms with Gasteiger partial charge in [0.1, 0.15) is 4.21 Å². The van der Waals surface area contributed by atoms with Gasteiger partial charge >= 0.3 is 0 Å². The Hall–Kier alpha value is -1.69. The Morgan fingerprint density at radius 1 is 0.933 bits per heavy atom. The zero-order chi connectivity index (χ0) is 22.1. The molecule has 0 aliphatic heterocycles. The van der Waals surface area contributed by atoms with Crippen LogP contribution in [0.2, 0.25) is 0 Å². The average Bonchev–Trinajstić information content (AvgIpc) is 3.06. The first-order valence-corrected chi connectivity index (χ1v) is 13.2. The first kappa shape index (κ1) is 24.6. The zero-order valence-corrected chi connectivity index (χ0v) is 20.6. The highest BCUT2D eigenvalue weighted by molar-refractivity contribution is 7.91. The minimum absolute atomic E-state index is 0.448. The molecule has 30 heavy (non-hydrogen) atoms. The second kappa shape index (κ2) is 11.6. The van der Waals surface area contributed by atoms with Crippen LogP contribution >= 0.6 is 11.3 Å². The van der Waals surface area contributed by atoms with Crippen molar-refractivity contribution in [2.75, 3.05) is 6.54 Å². The number of rotatable bonds is 8. The van der Waals surface area contributed by atoms with Crippen molar-refractivity contribution in [3.8, 4) is 0 Å².